The molecule has 5 nitrogen and oxygen atoms in total. The van der Waals surface area contributed by atoms with Gasteiger partial charge in [-0.25, -0.2) is 15.0 Å². The summed E-state index contributed by atoms with van der Waals surface area (Å²) in [5.41, 5.74) is 12.2. The van der Waals surface area contributed by atoms with Gasteiger partial charge in [-0.05, 0) is 130 Å². The fourth-order valence-electron chi connectivity index (χ4n) is 11.9. The van der Waals surface area contributed by atoms with Crippen LogP contribution in [0.25, 0.3) is 131 Å². The van der Waals surface area contributed by atoms with E-state index in [9.17, 15) is 0 Å². The summed E-state index contributed by atoms with van der Waals surface area (Å²) in [6.45, 7) is 0. The molecule has 0 N–H and O–H groups in total. The summed E-state index contributed by atoms with van der Waals surface area (Å²) in [6, 6.07) is 69.9. The highest BCUT2D eigenvalue weighted by Crippen LogP contribution is 2.72. The van der Waals surface area contributed by atoms with Gasteiger partial charge in [0.05, 0.1) is 0 Å². The van der Waals surface area contributed by atoms with E-state index in [1.165, 1.54) is 53.2 Å². The minimum atomic E-state index is -0.428. The van der Waals surface area contributed by atoms with E-state index in [1.54, 1.807) is 0 Å². The smallest absolute Gasteiger partial charge is 0.164 e. The first kappa shape index (κ1) is 36.7. The van der Waals surface area contributed by atoms with Gasteiger partial charge >= 0.3 is 0 Å². The van der Waals surface area contributed by atoms with Crippen molar-refractivity contribution in [3.8, 4) is 45.3 Å². The molecule has 1 fully saturated rings. The van der Waals surface area contributed by atoms with E-state index in [2.05, 4.69) is 176 Å². The molecule has 0 radical (unpaired) electrons. The van der Waals surface area contributed by atoms with Gasteiger partial charge in [-0.1, -0.05) is 115 Å². The first-order valence-corrected chi connectivity index (χ1v) is 24.1. The van der Waals surface area contributed by atoms with Crippen LogP contribution in [0.3, 0.4) is 0 Å². The summed E-state index contributed by atoms with van der Waals surface area (Å²) in [6.07, 6.45) is 0.927. The van der Waals surface area contributed by atoms with E-state index in [0.29, 0.717) is 17.5 Å². The summed E-state index contributed by atoms with van der Waals surface area (Å²) >= 11 is 1.81. The van der Waals surface area contributed by atoms with Gasteiger partial charge in [-0.2, -0.15) is 0 Å². The first-order chi connectivity index (χ1) is 33.6. The minimum absolute atomic E-state index is 0.216. The minimum Gasteiger partial charge on any atom is -0.456 e. The maximum atomic E-state index is 7.40. The van der Waals surface area contributed by atoms with E-state index in [-0.39, 0.29) is 5.92 Å². The Balaban J connectivity index is 1.02. The summed E-state index contributed by atoms with van der Waals surface area (Å²) in [5, 5.41) is 11.4. The Morgan fingerprint density at radius 3 is 1.94 bits per heavy atom. The molecule has 4 aromatic heterocycles. The maximum absolute atomic E-state index is 7.40. The van der Waals surface area contributed by atoms with Crippen LogP contribution >= 0.6 is 11.3 Å². The second-order valence-corrected chi connectivity index (χ2v) is 19.7. The monoisotopic (exact) mass is 885 g/mol. The Morgan fingerprint density at radius 1 is 0.412 bits per heavy atom. The summed E-state index contributed by atoms with van der Waals surface area (Å²) < 4.78 is 16.2. The zero-order chi connectivity index (χ0) is 44.2. The molecule has 316 valence electrons. The van der Waals surface area contributed by atoms with Crippen molar-refractivity contribution in [1.82, 2.24) is 15.0 Å². The van der Waals surface area contributed by atoms with Gasteiger partial charge in [0, 0.05) is 74.8 Å². The van der Waals surface area contributed by atoms with Gasteiger partial charge in [-0.15, -0.1) is 11.3 Å². The summed E-state index contributed by atoms with van der Waals surface area (Å²) in [7, 11) is 0. The van der Waals surface area contributed by atoms with Crippen molar-refractivity contribution in [2.45, 2.75) is 17.8 Å². The molecule has 10 aromatic carbocycles. The highest BCUT2D eigenvalue weighted by Gasteiger charge is 2.62. The van der Waals surface area contributed by atoms with E-state index >= 15 is 0 Å². The topological polar surface area (TPSA) is 65.0 Å². The number of nitrogens with zero attached hydrogens (tertiary/aromatic N) is 3. The lowest BCUT2D eigenvalue weighted by atomic mass is 9.72. The van der Waals surface area contributed by atoms with Gasteiger partial charge in [-0.3, -0.25) is 0 Å². The molecule has 2 aliphatic rings. The third kappa shape index (κ3) is 5.02. The molecule has 16 rings (SSSR count). The molecule has 0 aliphatic heterocycles. The maximum Gasteiger partial charge on any atom is 0.164 e. The number of hydrogen-bond donors (Lipinski definition) is 0. The van der Waals surface area contributed by atoms with Crippen molar-refractivity contribution in [2.24, 2.45) is 0 Å². The number of aromatic nitrogens is 3. The van der Waals surface area contributed by atoms with E-state index in [4.69, 9.17) is 23.8 Å². The van der Waals surface area contributed by atoms with E-state index in [1.807, 2.05) is 29.5 Å². The van der Waals surface area contributed by atoms with Crippen LogP contribution in [-0.4, -0.2) is 15.0 Å². The van der Waals surface area contributed by atoms with E-state index in [0.717, 1.165) is 83.3 Å². The van der Waals surface area contributed by atoms with E-state index < -0.39 is 5.41 Å². The van der Waals surface area contributed by atoms with Crippen LogP contribution in [-0.2, 0) is 5.41 Å². The number of para-hydroxylation sites is 1. The van der Waals surface area contributed by atoms with Crippen molar-refractivity contribution < 1.29 is 8.83 Å². The SMILES string of the molecule is c1ccc2c(c1)-c1cc3ccccc3cc1C1(c3c(-c4nc(-c5ccc6oc7ccccc7c6c5)nc(-c5ccc6sc7ccccc7c6c5)n4)ccc4c3oc3c5ccccc5ccc43)CC21. The largest absolute Gasteiger partial charge is 0.456 e. The second-order valence-electron chi connectivity index (χ2n) is 18.6. The van der Waals surface area contributed by atoms with Crippen LogP contribution in [0, 0.1) is 0 Å². The Bertz CT molecular complexity index is 4390. The zero-order valence-electron chi connectivity index (χ0n) is 36.3. The van der Waals surface area contributed by atoms with Crippen LogP contribution in [0.5, 0.6) is 0 Å². The Labute approximate surface area is 392 Å². The molecule has 2 aliphatic carbocycles. The van der Waals surface area contributed by atoms with Crippen molar-refractivity contribution in [2.75, 3.05) is 0 Å². The molecule has 0 amide bonds. The third-order valence-corrected chi connectivity index (χ3v) is 16.2. The van der Waals surface area contributed by atoms with Gasteiger partial charge in [0.25, 0.3) is 0 Å². The lowest BCUT2D eigenvalue weighted by Crippen LogP contribution is -2.19. The standard InChI is InChI=1S/C62H35N3O2S/c1-2-13-36-32-50-47(29-35(36)12-1)40-15-5-6-16-41(40)51-33-62(50,51)56-46(26-25-45-44-24-21-34-11-3-4-14-39(34)57(44)67-58(45)56)61-64-59(37-22-27-53-48(30-37)42-17-7-9-19-52(42)66-53)63-60(65-61)38-23-28-55-49(31-38)43-18-8-10-20-54(43)68-55/h1-32,51H,33H2. The second kappa shape index (κ2) is 13.3. The predicted octanol–water partition coefficient (Wildman–Crippen LogP) is 16.8. The Hall–Kier alpha value is -8.45. The molecule has 6 heteroatoms. The Morgan fingerprint density at radius 2 is 1.06 bits per heavy atom. The van der Waals surface area contributed by atoms with Crippen LogP contribution < -0.4 is 0 Å². The van der Waals surface area contributed by atoms with Crippen molar-refractivity contribution in [3.05, 3.63) is 211 Å². The zero-order valence-corrected chi connectivity index (χ0v) is 37.1. The first-order valence-electron chi connectivity index (χ1n) is 23.2. The van der Waals surface area contributed by atoms with Gasteiger partial charge < -0.3 is 8.83 Å². The van der Waals surface area contributed by atoms with Crippen LogP contribution in [0.15, 0.2) is 203 Å². The molecular weight excluding hydrogens is 851 g/mol. The number of benzene rings is 10. The average Bonchev–Trinajstić information content (AvgIpc) is 3.65. The van der Waals surface area contributed by atoms with Crippen LogP contribution in [0.1, 0.15) is 29.0 Å². The van der Waals surface area contributed by atoms with Crippen molar-refractivity contribution in [1.29, 1.82) is 0 Å². The lowest BCUT2D eigenvalue weighted by Gasteiger charge is -2.30. The number of thiophene rings is 1. The van der Waals surface area contributed by atoms with Crippen molar-refractivity contribution >= 4 is 96.9 Å². The molecule has 0 spiro atoms. The van der Waals surface area contributed by atoms with Gasteiger partial charge in [0.1, 0.15) is 22.3 Å². The summed E-state index contributed by atoms with van der Waals surface area (Å²) in [4.78, 5) is 16.5. The van der Waals surface area contributed by atoms with Crippen molar-refractivity contribution in [3.63, 3.8) is 0 Å². The third-order valence-electron chi connectivity index (χ3n) is 15.1. The number of furan rings is 2. The molecule has 2 atom stereocenters. The highest BCUT2D eigenvalue weighted by atomic mass is 32.1. The Kier molecular flexibility index (Phi) is 7.21. The molecule has 68 heavy (non-hydrogen) atoms. The summed E-state index contributed by atoms with van der Waals surface area (Å²) in [5.74, 6) is 2.04. The molecule has 0 bridgehead atoms. The average molecular weight is 886 g/mol. The fraction of sp³-hybridized carbons (Fsp3) is 0.0484. The van der Waals surface area contributed by atoms with Gasteiger partial charge in [0.2, 0.25) is 0 Å². The van der Waals surface area contributed by atoms with Gasteiger partial charge in [0.15, 0.2) is 17.5 Å². The fourth-order valence-corrected chi connectivity index (χ4v) is 13.0. The molecule has 4 heterocycles. The lowest BCUT2D eigenvalue weighted by molar-refractivity contribution is 0.655. The predicted molar refractivity (Wildman–Crippen MR) is 279 cm³/mol. The number of hydrogen-bond acceptors (Lipinski definition) is 6. The van der Waals surface area contributed by atoms with Crippen LogP contribution in [0.2, 0.25) is 0 Å². The quantitative estimate of drug-likeness (QED) is 0.176. The molecule has 0 saturated heterocycles. The molecular formula is C62H35N3O2S. The molecule has 1 saturated carbocycles. The number of rotatable bonds is 4. The number of fused-ring (bicyclic) bond motifs is 18. The highest BCUT2D eigenvalue weighted by molar-refractivity contribution is 7.25. The van der Waals surface area contributed by atoms with Crippen LogP contribution in [0.4, 0.5) is 0 Å². The normalized spacial score (nSPS) is 16.4. The molecule has 2 unspecified atom stereocenters. The molecule has 14 aromatic rings.